The zero-order valence-corrected chi connectivity index (χ0v) is 19.3. The summed E-state index contributed by atoms with van der Waals surface area (Å²) in [5, 5.41) is 19.3. The Morgan fingerprint density at radius 3 is 2.50 bits per heavy atom. The van der Waals surface area contributed by atoms with Crippen LogP contribution in [0.1, 0.15) is 41.4 Å². The van der Waals surface area contributed by atoms with Crippen LogP contribution < -0.4 is 0 Å². The summed E-state index contributed by atoms with van der Waals surface area (Å²) in [6.45, 7) is 11.3. The number of aliphatic hydroxyl groups excluding tert-OH is 1. The highest BCUT2D eigenvalue weighted by Crippen LogP contribution is 2.34. The molecule has 2 N–H and O–H groups in total. The van der Waals surface area contributed by atoms with E-state index in [1.807, 2.05) is 48.5 Å². The number of phenolic OH excluding ortho intramolecular Hbond substituents is 1. The Morgan fingerprint density at radius 1 is 1.16 bits per heavy atom. The Morgan fingerprint density at radius 2 is 1.88 bits per heavy atom. The van der Waals surface area contributed by atoms with Crippen LogP contribution in [0, 0.1) is 0 Å². The van der Waals surface area contributed by atoms with Crippen molar-refractivity contribution in [2.24, 2.45) is 0 Å². The number of rotatable bonds is 8. The predicted molar refractivity (Wildman–Crippen MR) is 128 cm³/mol. The van der Waals surface area contributed by atoms with Crippen molar-refractivity contribution in [1.29, 1.82) is 0 Å². The molecular formula is C26H35N3O3. The number of hydrogen-bond acceptors (Lipinski definition) is 5. The minimum atomic E-state index is -0.112. The van der Waals surface area contributed by atoms with Crippen molar-refractivity contribution in [1.82, 2.24) is 14.7 Å². The summed E-state index contributed by atoms with van der Waals surface area (Å²) in [6.07, 6.45) is 1.95. The average Bonchev–Trinajstić information content (AvgIpc) is 2.77. The molecule has 1 aliphatic rings. The third-order valence-electron chi connectivity index (χ3n) is 6.30. The van der Waals surface area contributed by atoms with Gasteiger partial charge in [-0.2, -0.15) is 0 Å². The molecule has 1 saturated heterocycles. The van der Waals surface area contributed by atoms with Crippen LogP contribution in [0.4, 0.5) is 0 Å². The van der Waals surface area contributed by atoms with Crippen LogP contribution in [0.15, 0.2) is 61.2 Å². The van der Waals surface area contributed by atoms with Crippen LogP contribution in [-0.2, 0) is 0 Å². The normalized spacial score (nSPS) is 20.6. The van der Waals surface area contributed by atoms with Crippen molar-refractivity contribution in [2.75, 3.05) is 39.8 Å². The molecule has 32 heavy (non-hydrogen) atoms. The fourth-order valence-corrected chi connectivity index (χ4v) is 4.56. The Bertz CT molecular complexity index is 915. The highest BCUT2D eigenvalue weighted by molar-refractivity contribution is 5.94. The van der Waals surface area contributed by atoms with Gasteiger partial charge in [-0.25, -0.2) is 0 Å². The maximum atomic E-state index is 12.6. The highest BCUT2D eigenvalue weighted by atomic mass is 16.3. The first-order valence-electron chi connectivity index (χ1n) is 11.2. The lowest BCUT2D eigenvalue weighted by molar-refractivity contribution is 0.0306. The van der Waals surface area contributed by atoms with Gasteiger partial charge in [0.05, 0.1) is 12.6 Å². The third kappa shape index (κ3) is 5.38. The van der Waals surface area contributed by atoms with E-state index in [0.717, 1.165) is 30.8 Å². The average molecular weight is 438 g/mol. The monoisotopic (exact) mass is 437 g/mol. The number of aliphatic hydroxyl groups is 1. The molecule has 0 saturated carbocycles. The van der Waals surface area contributed by atoms with E-state index in [0.29, 0.717) is 24.2 Å². The van der Waals surface area contributed by atoms with Crippen molar-refractivity contribution in [2.45, 2.75) is 32.0 Å². The largest absolute Gasteiger partial charge is 0.508 e. The van der Waals surface area contributed by atoms with Crippen LogP contribution in [0.2, 0.25) is 0 Å². The van der Waals surface area contributed by atoms with Gasteiger partial charge < -0.3 is 15.1 Å². The van der Waals surface area contributed by atoms with Crippen molar-refractivity contribution >= 4 is 5.91 Å². The number of likely N-dealkylation sites (N-methyl/N-ethyl adjacent to an activating group) is 1. The fraction of sp³-hybridized carbons (Fsp3) is 0.423. The first-order valence-corrected chi connectivity index (χ1v) is 11.2. The lowest BCUT2D eigenvalue weighted by Gasteiger charge is -2.47. The summed E-state index contributed by atoms with van der Waals surface area (Å²) >= 11 is 0. The van der Waals surface area contributed by atoms with Crippen molar-refractivity contribution in [3.05, 3.63) is 77.9 Å². The number of piperazine rings is 1. The third-order valence-corrected chi connectivity index (χ3v) is 6.30. The fourth-order valence-electron chi connectivity index (χ4n) is 4.56. The van der Waals surface area contributed by atoms with Crippen molar-refractivity contribution in [3.63, 3.8) is 0 Å². The van der Waals surface area contributed by atoms with Crippen LogP contribution in [0.3, 0.4) is 0 Å². The summed E-state index contributed by atoms with van der Waals surface area (Å²) in [5.74, 6) is 0.135. The second kappa shape index (κ2) is 10.8. The van der Waals surface area contributed by atoms with Gasteiger partial charge in [-0.15, -0.1) is 6.58 Å². The minimum absolute atomic E-state index is 0.0373. The number of phenols is 1. The van der Waals surface area contributed by atoms with Gasteiger partial charge in [0.15, 0.2) is 0 Å². The van der Waals surface area contributed by atoms with Gasteiger partial charge in [-0.3, -0.25) is 14.6 Å². The van der Waals surface area contributed by atoms with E-state index in [1.165, 1.54) is 4.90 Å². The van der Waals surface area contributed by atoms with Gasteiger partial charge in [0.2, 0.25) is 0 Å². The second-order valence-corrected chi connectivity index (χ2v) is 8.71. The molecule has 6 nitrogen and oxygen atoms in total. The van der Waals surface area contributed by atoms with Gasteiger partial charge in [-0.05, 0) is 49.2 Å². The van der Waals surface area contributed by atoms with E-state index in [-0.39, 0.29) is 24.3 Å². The first kappa shape index (κ1) is 24.0. The van der Waals surface area contributed by atoms with Crippen LogP contribution >= 0.6 is 0 Å². The van der Waals surface area contributed by atoms with Crippen LogP contribution in [0.5, 0.6) is 5.75 Å². The number of amides is 1. The maximum Gasteiger partial charge on any atom is 0.253 e. The Kier molecular flexibility index (Phi) is 8.07. The molecule has 172 valence electrons. The molecule has 1 amide bonds. The molecule has 3 atom stereocenters. The molecule has 6 heteroatoms. The SMILES string of the molecule is C=CCN1C[C@H](C)N([C@H](c2ccc(C(=O)N(C)CCO)cc2)c2cccc(O)c2)C[C@H]1C. The molecule has 2 aromatic carbocycles. The van der Waals surface area contributed by atoms with Crippen molar-refractivity contribution in [3.8, 4) is 5.75 Å². The molecular weight excluding hydrogens is 402 g/mol. The number of aromatic hydroxyl groups is 1. The lowest BCUT2D eigenvalue weighted by atomic mass is 9.92. The predicted octanol–water partition coefficient (Wildman–Crippen LogP) is 3.13. The molecule has 1 aliphatic heterocycles. The lowest BCUT2D eigenvalue weighted by Crippen LogP contribution is -2.57. The summed E-state index contributed by atoms with van der Waals surface area (Å²) in [5.41, 5.74) is 2.70. The van der Waals surface area contributed by atoms with Crippen molar-refractivity contribution < 1.29 is 15.0 Å². The molecule has 3 rings (SSSR count). The quantitative estimate of drug-likeness (QED) is 0.621. The van der Waals surface area contributed by atoms with E-state index in [1.54, 1.807) is 13.1 Å². The Balaban J connectivity index is 1.94. The Labute approximate surface area is 191 Å². The van der Waals surface area contributed by atoms with E-state index < -0.39 is 0 Å². The number of benzene rings is 2. The Hall–Kier alpha value is -2.67. The standard InChI is InChI=1S/C26H35N3O3/c1-5-13-28-17-20(3)29(18-19(28)2)25(23-7-6-8-24(31)16-23)21-9-11-22(12-10-21)26(32)27(4)14-15-30/h5-12,16,19-20,25,30-31H,1,13-15,17-18H2,2-4H3/t19-,20+,25-/m1/s1. The van der Waals surface area contributed by atoms with E-state index in [4.69, 9.17) is 5.11 Å². The van der Waals surface area contributed by atoms with E-state index in [2.05, 4.69) is 30.2 Å². The van der Waals surface area contributed by atoms with Gasteiger partial charge in [-0.1, -0.05) is 30.3 Å². The molecule has 0 aromatic heterocycles. The summed E-state index contributed by atoms with van der Waals surface area (Å²) in [7, 11) is 1.69. The van der Waals surface area contributed by atoms with Crippen LogP contribution in [-0.4, -0.2) is 82.7 Å². The second-order valence-electron chi connectivity index (χ2n) is 8.71. The van der Waals surface area contributed by atoms with Gasteiger partial charge in [0.25, 0.3) is 5.91 Å². The number of carbonyl (C=O) groups excluding carboxylic acids is 1. The van der Waals surface area contributed by atoms with Gasteiger partial charge >= 0.3 is 0 Å². The van der Waals surface area contributed by atoms with Gasteiger partial charge in [0.1, 0.15) is 5.75 Å². The molecule has 2 aromatic rings. The molecule has 0 aliphatic carbocycles. The zero-order chi connectivity index (χ0) is 23.3. The molecule has 0 bridgehead atoms. The molecule has 1 heterocycles. The summed E-state index contributed by atoms with van der Waals surface area (Å²) < 4.78 is 0. The molecule has 0 spiro atoms. The molecule has 1 fully saturated rings. The number of carbonyl (C=O) groups is 1. The molecule has 0 radical (unpaired) electrons. The van der Waals surface area contributed by atoms with E-state index >= 15 is 0 Å². The summed E-state index contributed by atoms with van der Waals surface area (Å²) in [4.78, 5) is 19.0. The van der Waals surface area contributed by atoms with E-state index in [9.17, 15) is 9.90 Å². The van der Waals surface area contributed by atoms with Crippen LogP contribution in [0.25, 0.3) is 0 Å². The summed E-state index contributed by atoms with van der Waals surface area (Å²) in [6, 6.07) is 15.8. The maximum absolute atomic E-state index is 12.6. The number of nitrogens with zero attached hydrogens (tertiary/aromatic N) is 3. The highest BCUT2D eigenvalue weighted by Gasteiger charge is 2.34. The number of hydrogen-bond donors (Lipinski definition) is 2. The smallest absolute Gasteiger partial charge is 0.253 e. The topological polar surface area (TPSA) is 67.2 Å². The first-order chi connectivity index (χ1) is 15.3. The van der Waals surface area contributed by atoms with Gasteiger partial charge in [0, 0.05) is 50.9 Å². The minimum Gasteiger partial charge on any atom is -0.508 e. The molecule has 0 unspecified atom stereocenters. The zero-order valence-electron chi connectivity index (χ0n) is 19.3.